The molecule has 3 nitrogen and oxygen atoms in total. The van der Waals surface area contributed by atoms with Crippen molar-refractivity contribution in [2.45, 2.75) is 24.3 Å². The van der Waals surface area contributed by atoms with Crippen LogP contribution in [0.2, 0.25) is 0 Å². The van der Waals surface area contributed by atoms with Gasteiger partial charge in [0.05, 0.1) is 5.52 Å². The molecule has 0 aliphatic carbocycles. The molecule has 1 aromatic carbocycles. The number of carbonyl (C=O) groups is 1. The number of fused-ring (bicyclic) bond motifs is 1. The summed E-state index contributed by atoms with van der Waals surface area (Å²) in [5.74, 6) is -0.141. The molecule has 0 unspecified atom stereocenters. The second kappa shape index (κ2) is 4.98. The van der Waals surface area contributed by atoms with Gasteiger partial charge in [-0.2, -0.15) is 0 Å². The second-order valence-corrected chi connectivity index (χ2v) is 6.24. The number of rotatable bonds is 4. The molecule has 1 aromatic heterocycles. The maximum absolute atomic E-state index is 11.0. The number of carboxylic acids is 1. The third-order valence-electron chi connectivity index (χ3n) is 2.76. The van der Waals surface area contributed by atoms with Gasteiger partial charge in [-0.15, -0.1) is 11.8 Å². The van der Waals surface area contributed by atoms with Crippen LogP contribution in [0.4, 0.5) is 0 Å². The van der Waals surface area contributed by atoms with Crippen molar-refractivity contribution in [2.75, 3.05) is 0 Å². The van der Waals surface area contributed by atoms with Crippen molar-refractivity contribution in [3.05, 3.63) is 42.1 Å². The number of para-hydroxylation sites is 1. The fourth-order valence-corrected chi connectivity index (χ4v) is 2.33. The number of carboxylic acid groups (broad SMARTS) is 1. The van der Waals surface area contributed by atoms with E-state index in [2.05, 4.69) is 11.1 Å². The highest BCUT2D eigenvalue weighted by molar-refractivity contribution is 8.00. The van der Waals surface area contributed by atoms with Gasteiger partial charge in [0, 0.05) is 17.3 Å². The van der Waals surface area contributed by atoms with Crippen molar-refractivity contribution in [2.24, 2.45) is 0 Å². The first-order valence-corrected chi connectivity index (χ1v) is 6.68. The van der Waals surface area contributed by atoms with Gasteiger partial charge >= 0.3 is 5.97 Å². The zero-order valence-corrected chi connectivity index (χ0v) is 11.2. The van der Waals surface area contributed by atoms with Gasteiger partial charge in [0.15, 0.2) is 0 Å². The van der Waals surface area contributed by atoms with E-state index in [9.17, 15) is 4.79 Å². The molecule has 0 amide bonds. The van der Waals surface area contributed by atoms with Crippen molar-refractivity contribution in [3.63, 3.8) is 0 Å². The summed E-state index contributed by atoms with van der Waals surface area (Å²) in [6.45, 7) is 3.43. The normalized spacial score (nSPS) is 11.7. The van der Waals surface area contributed by atoms with Crippen molar-refractivity contribution < 1.29 is 9.90 Å². The van der Waals surface area contributed by atoms with Gasteiger partial charge in [0.2, 0.25) is 0 Å². The number of nitrogens with zero attached hydrogens (tertiary/aromatic N) is 1. The van der Waals surface area contributed by atoms with Crippen LogP contribution >= 0.6 is 11.8 Å². The third-order valence-corrected chi connectivity index (χ3v) is 4.14. The van der Waals surface area contributed by atoms with E-state index in [0.717, 1.165) is 16.5 Å². The van der Waals surface area contributed by atoms with Gasteiger partial charge in [-0.25, -0.2) is 0 Å². The molecule has 0 aliphatic rings. The average molecular weight is 261 g/mol. The molecule has 1 N–H and O–H groups in total. The Kier molecular flexibility index (Phi) is 3.57. The Morgan fingerprint density at radius 3 is 2.83 bits per heavy atom. The number of thioether (sulfide) groups is 1. The van der Waals surface area contributed by atoms with Gasteiger partial charge in [-0.1, -0.05) is 18.2 Å². The van der Waals surface area contributed by atoms with Crippen LogP contribution in [0.25, 0.3) is 10.9 Å². The van der Waals surface area contributed by atoms with Gasteiger partial charge < -0.3 is 5.11 Å². The molecule has 0 atom stereocenters. The van der Waals surface area contributed by atoms with E-state index in [4.69, 9.17) is 5.11 Å². The highest BCUT2D eigenvalue weighted by Gasteiger charge is 2.27. The molecule has 0 bridgehead atoms. The van der Waals surface area contributed by atoms with E-state index >= 15 is 0 Å². The molecular formula is C14H15NO2S. The molecule has 1 heterocycles. The first kappa shape index (κ1) is 12.9. The van der Waals surface area contributed by atoms with Gasteiger partial charge in [0.25, 0.3) is 0 Å². The molecule has 2 aromatic rings. The lowest BCUT2D eigenvalue weighted by atomic mass is 10.2. The van der Waals surface area contributed by atoms with Crippen LogP contribution in [0.5, 0.6) is 0 Å². The Balaban J connectivity index is 2.15. The van der Waals surface area contributed by atoms with E-state index in [-0.39, 0.29) is 0 Å². The first-order valence-electron chi connectivity index (χ1n) is 5.70. The highest BCUT2D eigenvalue weighted by atomic mass is 32.2. The standard InChI is InChI=1S/C14H15NO2S/c1-14(2,13(16)17)18-9-10-7-11-5-3-4-6-12(11)15-8-10/h3-8H,9H2,1-2H3,(H,16,17). The Bertz CT molecular complexity index is 581. The van der Waals surface area contributed by atoms with Crippen LogP contribution in [-0.2, 0) is 10.5 Å². The fraction of sp³-hybridized carbons (Fsp3) is 0.286. The summed E-state index contributed by atoms with van der Waals surface area (Å²) < 4.78 is -0.772. The molecule has 0 saturated carbocycles. The molecule has 0 spiro atoms. The number of aromatic nitrogens is 1. The number of benzene rings is 1. The molecule has 4 heteroatoms. The molecular weight excluding hydrogens is 246 g/mol. The first-order chi connectivity index (χ1) is 8.49. The molecule has 94 valence electrons. The van der Waals surface area contributed by atoms with E-state index in [1.807, 2.05) is 30.5 Å². The lowest BCUT2D eigenvalue weighted by Crippen LogP contribution is -2.27. The van der Waals surface area contributed by atoms with Crippen molar-refractivity contribution in [3.8, 4) is 0 Å². The summed E-state index contributed by atoms with van der Waals surface area (Å²) in [5, 5.41) is 10.1. The van der Waals surface area contributed by atoms with E-state index in [1.165, 1.54) is 11.8 Å². The number of pyridine rings is 1. The third kappa shape index (κ3) is 2.82. The van der Waals surface area contributed by atoms with Crippen LogP contribution in [-0.4, -0.2) is 20.8 Å². The Morgan fingerprint density at radius 2 is 2.11 bits per heavy atom. The zero-order chi connectivity index (χ0) is 13.2. The Labute approximate surface area is 110 Å². The maximum Gasteiger partial charge on any atom is 0.319 e. The van der Waals surface area contributed by atoms with Crippen molar-refractivity contribution in [1.29, 1.82) is 0 Å². The van der Waals surface area contributed by atoms with Crippen LogP contribution in [0.15, 0.2) is 36.5 Å². The molecule has 2 rings (SSSR count). The fourth-order valence-electron chi connectivity index (χ4n) is 1.52. The zero-order valence-electron chi connectivity index (χ0n) is 10.4. The molecule has 0 fully saturated rings. The number of hydrogen-bond donors (Lipinski definition) is 1. The number of hydrogen-bond acceptors (Lipinski definition) is 3. The summed E-state index contributed by atoms with van der Waals surface area (Å²) in [5.41, 5.74) is 2.01. The monoisotopic (exact) mass is 261 g/mol. The van der Waals surface area contributed by atoms with Crippen LogP contribution < -0.4 is 0 Å². The predicted molar refractivity (Wildman–Crippen MR) is 74.8 cm³/mol. The van der Waals surface area contributed by atoms with E-state index < -0.39 is 10.7 Å². The van der Waals surface area contributed by atoms with Crippen LogP contribution in [0, 0.1) is 0 Å². The molecule has 0 saturated heterocycles. The minimum Gasteiger partial charge on any atom is -0.480 e. The topological polar surface area (TPSA) is 50.2 Å². The minimum absolute atomic E-state index is 0.650. The minimum atomic E-state index is -0.791. The van der Waals surface area contributed by atoms with Crippen molar-refractivity contribution in [1.82, 2.24) is 4.98 Å². The second-order valence-electron chi connectivity index (χ2n) is 4.64. The summed E-state index contributed by atoms with van der Waals surface area (Å²) in [7, 11) is 0. The van der Waals surface area contributed by atoms with Gasteiger partial charge in [-0.3, -0.25) is 9.78 Å². The summed E-state index contributed by atoms with van der Waals surface area (Å²) in [6, 6.07) is 9.97. The Morgan fingerprint density at radius 1 is 1.39 bits per heavy atom. The number of aliphatic carboxylic acids is 1. The van der Waals surface area contributed by atoms with Gasteiger partial charge in [0.1, 0.15) is 4.75 Å². The smallest absolute Gasteiger partial charge is 0.319 e. The van der Waals surface area contributed by atoms with Crippen LogP contribution in [0.1, 0.15) is 19.4 Å². The SMILES string of the molecule is CC(C)(SCc1cnc2ccccc2c1)C(=O)O. The average Bonchev–Trinajstić information content (AvgIpc) is 2.36. The molecule has 18 heavy (non-hydrogen) atoms. The Hall–Kier alpha value is -1.55. The lowest BCUT2D eigenvalue weighted by Gasteiger charge is -2.18. The van der Waals surface area contributed by atoms with Gasteiger partial charge in [-0.05, 0) is 31.5 Å². The summed E-state index contributed by atoms with van der Waals surface area (Å²) >= 11 is 1.41. The van der Waals surface area contributed by atoms with Crippen molar-refractivity contribution >= 4 is 28.6 Å². The van der Waals surface area contributed by atoms with E-state index in [1.54, 1.807) is 13.8 Å². The summed E-state index contributed by atoms with van der Waals surface area (Å²) in [6.07, 6.45) is 1.81. The summed E-state index contributed by atoms with van der Waals surface area (Å²) in [4.78, 5) is 15.4. The predicted octanol–water partition coefficient (Wildman–Crippen LogP) is 3.33. The molecule has 0 radical (unpaired) electrons. The van der Waals surface area contributed by atoms with E-state index in [0.29, 0.717) is 5.75 Å². The van der Waals surface area contributed by atoms with Crippen LogP contribution in [0.3, 0.4) is 0 Å². The largest absolute Gasteiger partial charge is 0.480 e. The highest BCUT2D eigenvalue weighted by Crippen LogP contribution is 2.28. The quantitative estimate of drug-likeness (QED) is 0.917. The molecule has 0 aliphatic heterocycles. The maximum atomic E-state index is 11.0. The lowest BCUT2D eigenvalue weighted by molar-refractivity contribution is -0.138.